The lowest BCUT2D eigenvalue weighted by Gasteiger charge is -2.35. The van der Waals surface area contributed by atoms with Crippen LogP contribution in [0.25, 0.3) is 10.9 Å². The number of benzene rings is 3. The molecular weight excluding hydrogens is 358 g/mol. The second-order valence-electron chi connectivity index (χ2n) is 7.59. The number of likely N-dealkylation sites (N-methyl/N-ethyl adjacent to an activating group) is 1. The summed E-state index contributed by atoms with van der Waals surface area (Å²) < 4.78 is 0. The number of nitrogens with one attached hydrogen (secondary N) is 2. The Morgan fingerprint density at radius 1 is 0.897 bits per heavy atom. The van der Waals surface area contributed by atoms with Crippen LogP contribution in [0.15, 0.2) is 85.1 Å². The first-order valence-corrected chi connectivity index (χ1v) is 9.94. The number of carbonyl (C=O) groups is 1. The highest BCUT2D eigenvalue weighted by atomic mass is 16.1. The third-order valence-corrected chi connectivity index (χ3v) is 5.93. The van der Waals surface area contributed by atoms with Crippen molar-refractivity contribution >= 4 is 16.8 Å². The van der Waals surface area contributed by atoms with Gasteiger partial charge in [0.1, 0.15) is 0 Å². The number of aromatic nitrogens is 1. The fourth-order valence-corrected chi connectivity index (χ4v) is 4.53. The van der Waals surface area contributed by atoms with E-state index in [-0.39, 0.29) is 18.0 Å². The smallest absolute Gasteiger partial charge is 0.252 e. The van der Waals surface area contributed by atoms with Crippen LogP contribution < -0.4 is 5.32 Å². The van der Waals surface area contributed by atoms with Gasteiger partial charge in [-0.15, -0.1) is 0 Å². The number of H-pyrrole nitrogens is 1. The minimum atomic E-state index is -0.0108. The highest BCUT2D eigenvalue weighted by Gasteiger charge is 2.32. The monoisotopic (exact) mass is 381 g/mol. The summed E-state index contributed by atoms with van der Waals surface area (Å²) in [6.45, 7) is 0.563. The first-order chi connectivity index (χ1) is 14.2. The van der Waals surface area contributed by atoms with Crippen molar-refractivity contribution in [3.8, 4) is 0 Å². The Morgan fingerprint density at radius 2 is 1.55 bits per heavy atom. The fourth-order valence-electron chi connectivity index (χ4n) is 4.53. The molecule has 2 N–H and O–H groups in total. The van der Waals surface area contributed by atoms with Crippen LogP contribution in [0.2, 0.25) is 0 Å². The van der Waals surface area contributed by atoms with Gasteiger partial charge in [0, 0.05) is 29.2 Å². The molecule has 1 aliphatic rings. The van der Waals surface area contributed by atoms with Crippen LogP contribution in [0.3, 0.4) is 0 Å². The molecule has 29 heavy (non-hydrogen) atoms. The molecule has 2 heterocycles. The molecule has 0 aliphatic carbocycles. The number of amides is 1. The third kappa shape index (κ3) is 3.02. The van der Waals surface area contributed by atoms with Crippen molar-refractivity contribution in [1.82, 2.24) is 15.2 Å². The van der Waals surface area contributed by atoms with Crippen molar-refractivity contribution in [1.29, 1.82) is 0 Å². The standard InChI is InChI=1S/C25H23N3O/c1-28(24(17-9-4-2-5-10-17)18-11-6-3-7-12-18)22-16-27-25(29)19-13-8-14-21-23(19)20(22)15-26-21/h2-15,22,24,26H,16H2,1H3,(H,27,29). The Morgan fingerprint density at radius 3 is 2.21 bits per heavy atom. The molecule has 1 unspecified atom stereocenters. The van der Waals surface area contributed by atoms with Crippen LogP contribution in [-0.2, 0) is 0 Å². The zero-order valence-electron chi connectivity index (χ0n) is 16.3. The molecule has 0 spiro atoms. The van der Waals surface area contributed by atoms with Gasteiger partial charge in [0.05, 0.1) is 12.1 Å². The topological polar surface area (TPSA) is 48.1 Å². The fraction of sp³-hybridized carbons (Fsp3) is 0.160. The number of hydrogen-bond donors (Lipinski definition) is 2. The van der Waals surface area contributed by atoms with E-state index < -0.39 is 0 Å². The van der Waals surface area contributed by atoms with Crippen LogP contribution >= 0.6 is 0 Å². The van der Waals surface area contributed by atoms with Crippen molar-refractivity contribution in [2.45, 2.75) is 12.1 Å². The molecule has 1 aliphatic heterocycles. The summed E-state index contributed by atoms with van der Waals surface area (Å²) in [4.78, 5) is 18.5. The van der Waals surface area contributed by atoms with Crippen LogP contribution in [-0.4, -0.2) is 29.4 Å². The summed E-state index contributed by atoms with van der Waals surface area (Å²) in [5.74, 6) is -0.0108. The molecule has 0 saturated carbocycles. The van der Waals surface area contributed by atoms with Gasteiger partial charge in [-0.1, -0.05) is 66.7 Å². The van der Waals surface area contributed by atoms with E-state index in [9.17, 15) is 4.79 Å². The van der Waals surface area contributed by atoms with Gasteiger partial charge in [-0.3, -0.25) is 9.69 Å². The van der Waals surface area contributed by atoms with E-state index in [1.54, 1.807) is 0 Å². The van der Waals surface area contributed by atoms with E-state index in [0.29, 0.717) is 6.54 Å². The molecule has 4 heteroatoms. The van der Waals surface area contributed by atoms with E-state index in [4.69, 9.17) is 0 Å². The molecule has 1 aromatic heterocycles. The van der Waals surface area contributed by atoms with Crippen molar-refractivity contribution in [3.05, 3.63) is 107 Å². The highest BCUT2D eigenvalue weighted by Crippen LogP contribution is 2.38. The van der Waals surface area contributed by atoms with Crippen molar-refractivity contribution in [2.75, 3.05) is 13.6 Å². The number of rotatable bonds is 4. The summed E-state index contributed by atoms with van der Waals surface area (Å²) in [7, 11) is 2.15. The molecule has 4 nitrogen and oxygen atoms in total. The van der Waals surface area contributed by atoms with Gasteiger partial charge in [-0.05, 0) is 35.9 Å². The molecular formula is C25H23N3O. The lowest BCUT2D eigenvalue weighted by molar-refractivity contribution is 0.0939. The molecule has 0 radical (unpaired) electrons. The third-order valence-electron chi connectivity index (χ3n) is 5.93. The summed E-state index contributed by atoms with van der Waals surface area (Å²) in [5.41, 5.74) is 5.37. The SMILES string of the molecule is CN(C1CNC(=O)c2cccc3[nH]cc1c23)C(c1ccccc1)c1ccccc1. The van der Waals surface area contributed by atoms with Crippen LogP contribution in [0, 0.1) is 0 Å². The Balaban J connectivity index is 1.64. The van der Waals surface area contributed by atoms with Gasteiger partial charge in [-0.2, -0.15) is 0 Å². The lowest BCUT2D eigenvalue weighted by Crippen LogP contribution is -2.37. The van der Waals surface area contributed by atoms with E-state index in [0.717, 1.165) is 22.0 Å². The summed E-state index contributed by atoms with van der Waals surface area (Å²) in [5, 5.41) is 4.16. The lowest BCUT2D eigenvalue weighted by atomic mass is 9.94. The molecule has 144 valence electrons. The van der Waals surface area contributed by atoms with Crippen molar-refractivity contribution < 1.29 is 4.79 Å². The molecule has 5 rings (SSSR count). The quantitative estimate of drug-likeness (QED) is 0.539. The minimum Gasteiger partial charge on any atom is -0.361 e. The summed E-state index contributed by atoms with van der Waals surface area (Å²) in [6.07, 6.45) is 2.06. The van der Waals surface area contributed by atoms with Crippen LogP contribution in [0.1, 0.15) is 39.1 Å². The predicted octanol–water partition coefficient (Wildman–Crippen LogP) is 4.67. The first-order valence-electron chi connectivity index (χ1n) is 9.94. The zero-order chi connectivity index (χ0) is 19.8. The van der Waals surface area contributed by atoms with E-state index in [1.807, 2.05) is 30.3 Å². The van der Waals surface area contributed by atoms with Gasteiger partial charge < -0.3 is 10.3 Å². The van der Waals surface area contributed by atoms with Gasteiger partial charge in [0.15, 0.2) is 0 Å². The Labute approximate surface area is 170 Å². The van der Waals surface area contributed by atoms with Crippen molar-refractivity contribution in [3.63, 3.8) is 0 Å². The second-order valence-corrected chi connectivity index (χ2v) is 7.59. The molecule has 0 fully saturated rings. The summed E-state index contributed by atoms with van der Waals surface area (Å²) >= 11 is 0. The van der Waals surface area contributed by atoms with Crippen LogP contribution in [0.4, 0.5) is 0 Å². The number of hydrogen-bond acceptors (Lipinski definition) is 2. The molecule has 4 aromatic rings. The maximum Gasteiger partial charge on any atom is 0.252 e. The Kier molecular flexibility index (Phi) is 4.41. The Bertz CT molecular complexity index is 1110. The Hall–Kier alpha value is -3.37. The average molecular weight is 381 g/mol. The zero-order valence-corrected chi connectivity index (χ0v) is 16.3. The summed E-state index contributed by atoms with van der Waals surface area (Å²) in [6, 6.07) is 27.1. The second kappa shape index (κ2) is 7.22. The predicted molar refractivity (Wildman–Crippen MR) is 116 cm³/mol. The number of nitrogens with zero attached hydrogens (tertiary/aromatic N) is 1. The number of carbonyl (C=O) groups excluding carboxylic acids is 1. The molecule has 0 saturated heterocycles. The molecule has 1 atom stereocenters. The largest absolute Gasteiger partial charge is 0.361 e. The molecule has 0 bridgehead atoms. The highest BCUT2D eigenvalue weighted by molar-refractivity contribution is 6.08. The van der Waals surface area contributed by atoms with Gasteiger partial charge in [-0.25, -0.2) is 0 Å². The van der Waals surface area contributed by atoms with E-state index in [2.05, 4.69) is 77.0 Å². The van der Waals surface area contributed by atoms with E-state index in [1.165, 1.54) is 11.1 Å². The molecule has 1 amide bonds. The first kappa shape index (κ1) is 17.7. The van der Waals surface area contributed by atoms with E-state index >= 15 is 0 Å². The van der Waals surface area contributed by atoms with Gasteiger partial charge in [0.25, 0.3) is 5.91 Å². The molecule has 3 aromatic carbocycles. The van der Waals surface area contributed by atoms with Crippen LogP contribution in [0.5, 0.6) is 0 Å². The normalized spacial score (nSPS) is 16.2. The minimum absolute atomic E-state index is 0.0108. The van der Waals surface area contributed by atoms with Crippen molar-refractivity contribution in [2.24, 2.45) is 0 Å². The maximum absolute atomic E-state index is 12.7. The van der Waals surface area contributed by atoms with Gasteiger partial charge in [0.2, 0.25) is 0 Å². The van der Waals surface area contributed by atoms with Gasteiger partial charge >= 0.3 is 0 Å². The average Bonchev–Trinajstić information content (AvgIpc) is 3.13. The number of aromatic amines is 1. The maximum atomic E-state index is 12.7.